The second-order valence-corrected chi connectivity index (χ2v) is 4.30. The van der Waals surface area contributed by atoms with Gasteiger partial charge in [0.15, 0.2) is 11.5 Å². The van der Waals surface area contributed by atoms with E-state index in [1.807, 2.05) is 0 Å². The smallest absolute Gasteiger partial charge is 0.161 e. The number of methoxy groups -OCH3 is 2. The first-order valence-corrected chi connectivity index (χ1v) is 6.32. The molecule has 2 aromatic rings. The number of ether oxygens (including phenoxy) is 2. The van der Waals surface area contributed by atoms with Crippen LogP contribution >= 0.6 is 0 Å². The van der Waals surface area contributed by atoms with E-state index in [9.17, 15) is 9.65 Å². The Balaban J connectivity index is 2.30. The molecule has 0 heterocycles. The number of nitrogens with zero attached hydrogens (tertiary/aromatic N) is 1. The Morgan fingerprint density at radius 3 is 2.43 bits per heavy atom. The predicted octanol–water partition coefficient (Wildman–Crippen LogP) is 3.52. The lowest BCUT2D eigenvalue weighted by Crippen LogP contribution is -2.10. The molecule has 0 aromatic heterocycles. The summed E-state index contributed by atoms with van der Waals surface area (Å²) in [6.45, 7) is 0. The number of hydrogen-bond acceptors (Lipinski definition) is 4. The largest absolute Gasteiger partial charge is 0.493 e. The molecular formula is C16H15FN2O2. The Morgan fingerprint density at radius 2 is 1.81 bits per heavy atom. The lowest BCUT2D eigenvalue weighted by molar-refractivity contribution is 0.354. The number of nitriles is 1. The van der Waals surface area contributed by atoms with Gasteiger partial charge in [-0.05, 0) is 29.8 Å². The summed E-state index contributed by atoms with van der Waals surface area (Å²) in [5.41, 5.74) is 0.942. The van der Waals surface area contributed by atoms with Gasteiger partial charge in [-0.15, -0.1) is 0 Å². The van der Waals surface area contributed by atoms with Crippen LogP contribution in [0, 0.1) is 17.1 Å². The van der Waals surface area contributed by atoms with E-state index in [0.717, 1.165) is 0 Å². The fourth-order valence-electron chi connectivity index (χ4n) is 1.96. The van der Waals surface area contributed by atoms with Gasteiger partial charge in [-0.3, -0.25) is 0 Å². The Hall–Kier alpha value is -2.74. The van der Waals surface area contributed by atoms with E-state index in [-0.39, 0.29) is 5.69 Å². The molecule has 2 rings (SSSR count). The standard InChI is InChI=1S/C16H15FN2O2/c1-20-15-8-7-11(9-16(15)21-2)14(10-18)19-13-6-4-3-5-12(13)17/h3-9,14,19H,1-2H3. The molecule has 1 atom stereocenters. The summed E-state index contributed by atoms with van der Waals surface area (Å²) >= 11 is 0. The maximum atomic E-state index is 13.6. The number of nitrogens with one attached hydrogen (secondary N) is 1. The minimum atomic E-state index is -0.693. The van der Waals surface area contributed by atoms with E-state index >= 15 is 0 Å². The van der Waals surface area contributed by atoms with E-state index < -0.39 is 11.9 Å². The van der Waals surface area contributed by atoms with Gasteiger partial charge in [-0.25, -0.2) is 4.39 Å². The van der Waals surface area contributed by atoms with Crippen molar-refractivity contribution in [2.45, 2.75) is 6.04 Å². The summed E-state index contributed by atoms with van der Waals surface area (Å²) in [6, 6.07) is 12.8. The van der Waals surface area contributed by atoms with Crippen LogP contribution in [0.5, 0.6) is 11.5 Å². The number of para-hydroxylation sites is 1. The van der Waals surface area contributed by atoms with Crippen LogP contribution in [0.3, 0.4) is 0 Å². The summed E-state index contributed by atoms with van der Waals surface area (Å²) in [6.07, 6.45) is 0. The summed E-state index contributed by atoms with van der Waals surface area (Å²) < 4.78 is 24.0. The molecule has 4 nitrogen and oxygen atoms in total. The van der Waals surface area contributed by atoms with Crippen molar-refractivity contribution in [3.05, 3.63) is 53.8 Å². The molecule has 0 saturated carbocycles. The zero-order chi connectivity index (χ0) is 15.2. The van der Waals surface area contributed by atoms with Gasteiger partial charge in [-0.2, -0.15) is 5.26 Å². The second-order valence-electron chi connectivity index (χ2n) is 4.30. The van der Waals surface area contributed by atoms with Crippen LogP contribution in [0.4, 0.5) is 10.1 Å². The molecule has 0 saturated heterocycles. The van der Waals surface area contributed by atoms with Crippen LogP contribution in [0.25, 0.3) is 0 Å². The summed E-state index contributed by atoms with van der Waals surface area (Å²) in [5, 5.41) is 12.2. The van der Waals surface area contributed by atoms with Crippen molar-refractivity contribution in [1.82, 2.24) is 0 Å². The van der Waals surface area contributed by atoms with Gasteiger partial charge in [0.05, 0.1) is 26.0 Å². The molecular weight excluding hydrogens is 271 g/mol. The van der Waals surface area contributed by atoms with Crippen LogP contribution < -0.4 is 14.8 Å². The number of rotatable bonds is 5. The highest BCUT2D eigenvalue weighted by molar-refractivity contribution is 5.51. The first-order chi connectivity index (χ1) is 10.2. The van der Waals surface area contributed by atoms with Crippen molar-refractivity contribution in [3.63, 3.8) is 0 Å². The Morgan fingerprint density at radius 1 is 1.10 bits per heavy atom. The summed E-state index contributed by atoms with van der Waals surface area (Å²) in [7, 11) is 3.06. The Labute approximate surface area is 122 Å². The molecule has 5 heteroatoms. The number of hydrogen-bond donors (Lipinski definition) is 1. The van der Waals surface area contributed by atoms with E-state index in [0.29, 0.717) is 17.1 Å². The highest BCUT2D eigenvalue weighted by Gasteiger charge is 2.15. The van der Waals surface area contributed by atoms with Gasteiger partial charge < -0.3 is 14.8 Å². The monoisotopic (exact) mass is 286 g/mol. The van der Waals surface area contributed by atoms with Gasteiger partial charge in [0.25, 0.3) is 0 Å². The van der Waals surface area contributed by atoms with Crippen LogP contribution in [0.15, 0.2) is 42.5 Å². The maximum absolute atomic E-state index is 13.6. The topological polar surface area (TPSA) is 54.3 Å². The average Bonchev–Trinajstić information content (AvgIpc) is 2.53. The van der Waals surface area contributed by atoms with E-state index in [4.69, 9.17) is 9.47 Å². The third kappa shape index (κ3) is 3.23. The van der Waals surface area contributed by atoms with Crippen LogP contribution in [0.2, 0.25) is 0 Å². The molecule has 0 fully saturated rings. The molecule has 0 aliphatic heterocycles. The highest BCUT2D eigenvalue weighted by Crippen LogP contribution is 2.31. The molecule has 1 unspecified atom stereocenters. The van der Waals surface area contributed by atoms with Gasteiger partial charge in [0.2, 0.25) is 0 Å². The SMILES string of the molecule is COc1ccc(C(C#N)Nc2ccccc2F)cc1OC. The van der Waals surface area contributed by atoms with E-state index in [1.165, 1.54) is 20.3 Å². The van der Waals surface area contributed by atoms with Gasteiger partial charge in [-0.1, -0.05) is 18.2 Å². The highest BCUT2D eigenvalue weighted by atomic mass is 19.1. The molecule has 1 N–H and O–H groups in total. The van der Waals surface area contributed by atoms with Crippen LogP contribution in [-0.4, -0.2) is 14.2 Å². The molecule has 0 aliphatic carbocycles. The fourth-order valence-corrected chi connectivity index (χ4v) is 1.96. The minimum Gasteiger partial charge on any atom is -0.493 e. The molecule has 108 valence electrons. The first-order valence-electron chi connectivity index (χ1n) is 6.32. The van der Waals surface area contributed by atoms with Crippen LogP contribution in [-0.2, 0) is 0 Å². The Kier molecular flexibility index (Phi) is 4.62. The molecule has 0 spiro atoms. The quantitative estimate of drug-likeness (QED) is 0.913. The average molecular weight is 286 g/mol. The number of benzene rings is 2. The van der Waals surface area contributed by atoms with Crippen molar-refractivity contribution < 1.29 is 13.9 Å². The number of anilines is 1. The van der Waals surface area contributed by atoms with Crippen molar-refractivity contribution in [2.24, 2.45) is 0 Å². The van der Waals surface area contributed by atoms with Crippen molar-refractivity contribution in [3.8, 4) is 17.6 Å². The van der Waals surface area contributed by atoms with E-state index in [2.05, 4.69) is 11.4 Å². The van der Waals surface area contributed by atoms with Crippen molar-refractivity contribution >= 4 is 5.69 Å². The molecule has 2 aromatic carbocycles. The second kappa shape index (κ2) is 6.62. The summed E-state index contributed by atoms with van der Waals surface area (Å²) in [4.78, 5) is 0. The van der Waals surface area contributed by atoms with Gasteiger partial charge in [0.1, 0.15) is 11.9 Å². The summed E-state index contributed by atoms with van der Waals surface area (Å²) in [5.74, 6) is 0.688. The maximum Gasteiger partial charge on any atom is 0.161 e. The molecule has 0 amide bonds. The molecule has 21 heavy (non-hydrogen) atoms. The lowest BCUT2D eigenvalue weighted by Gasteiger charge is -2.16. The van der Waals surface area contributed by atoms with Crippen LogP contribution in [0.1, 0.15) is 11.6 Å². The zero-order valence-electron chi connectivity index (χ0n) is 11.8. The minimum absolute atomic E-state index is 0.277. The normalized spacial score (nSPS) is 11.3. The Bertz CT molecular complexity index is 668. The molecule has 0 radical (unpaired) electrons. The third-order valence-corrected chi connectivity index (χ3v) is 3.04. The molecule has 0 bridgehead atoms. The predicted molar refractivity (Wildman–Crippen MR) is 77.9 cm³/mol. The van der Waals surface area contributed by atoms with Crippen molar-refractivity contribution in [2.75, 3.05) is 19.5 Å². The fraction of sp³-hybridized carbons (Fsp3) is 0.188. The molecule has 0 aliphatic rings. The lowest BCUT2D eigenvalue weighted by atomic mass is 10.1. The first kappa shape index (κ1) is 14.7. The zero-order valence-corrected chi connectivity index (χ0v) is 11.8. The number of halogens is 1. The van der Waals surface area contributed by atoms with Gasteiger partial charge >= 0.3 is 0 Å². The van der Waals surface area contributed by atoms with E-state index in [1.54, 1.807) is 36.4 Å². The third-order valence-electron chi connectivity index (χ3n) is 3.04. The van der Waals surface area contributed by atoms with Crippen molar-refractivity contribution in [1.29, 1.82) is 5.26 Å². The van der Waals surface area contributed by atoms with Gasteiger partial charge in [0, 0.05) is 0 Å².